The van der Waals surface area contributed by atoms with Gasteiger partial charge in [0.15, 0.2) is 5.78 Å². The smallest absolute Gasteiger partial charge is 0.306 e. The Balaban J connectivity index is 1.48. The normalized spacial score (nSPS) is 52.9. The topological polar surface area (TPSA) is 43.4 Å². The first-order valence-electron chi connectivity index (χ1n) is 11.4. The van der Waals surface area contributed by atoms with Gasteiger partial charge in [0.25, 0.3) is 0 Å². The van der Waals surface area contributed by atoms with Crippen LogP contribution in [0.15, 0.2) is 23.8 Å². The Labute approximate surface area is 168 Å². The Kier molecular flexibility index (Phi) is 3.13. The molecule has 6 aliphatic rings. The summed E-state index contributed by atoms with van der Waals surface area (Å²) in [4.78, 5) is 24.4. The van der Waals surface area contributed by atoms with Gasteiger partial charge in [0.05, 0.1) is 0 Å². The number of hydrogen-bond acceptors (Lipinski definition) is 3. The summed E-state index contributed by atoms with van der Waals surface area (Å²) in [7, 11) is 0. The second kappa shape index (κ2) is 5.02. The molecule has 0 bridgehead atoms. The summed E-state index contributed by atoms with van der Waals surface area (Å²) < 4.78 is 6.10. The van der Waals surface area contributed by atoms with E-state index in [1.165, 1.54) is 24.8 Å². The molecule has 5 aliphatic carbocycles. The molecule has 6 rings (SSSR count). The molecule has 1 saturated heterocycles. The van der Waals surface area contributed by atoms with Crippen LogP contribution in [0.4, 0.5) is 0 Å². The maximum Gasteiger partial charge on any atom is 0.306 e. The molecular formula is C25H32O3. The van der Waals surface area contributed by atoms with Crippen molar-refractivity contribution >= 4 is 11.8 Å². The second-order valence-electron chi connectivity index (χ2n) is 11.4. The minimum absolute atomic E-state index is 0.00474. The van der Waals surface area contributed by atoms with Crippen molar-refractivity contribution in [2.75, 3.05) is 0 Å². The predicted octanol–water partition coefficient (Wildman–Crippen LogP) is 5.01. The molecule has 150 valence electrons. The van der Waals surface area contributed by atoms with Gasteiger partial charge in [-0.2, -0.15) is 0 Å². The van der Waals surface area contributed by atoms with Crippen LogP contribution in [-0.2, 0) is 14.3 Å². The molecule has 4 fully saturated rings. The molecule has 0 aromatic heterocycles. The molecule has 1 aliphatic heterocycles. The molecule has 0 radical (unpaired) electrons. The van der Waals surface area contributed by atoms with Crippen molar-refractivity contribution in [2.45, 2.75) is 77.7 Å². The van der Waals surface area contributed by atoms with Crippen LogP contribution in [0.25, 0.3) is 0 Å². The molecule has 4 unspecified atom stereocenters. The van der Waals surface area contributed by atoms with Gasteiger partial charge in [-0.1, -0.05) is 38.5 Å². The zero-order valence-corrected chi connectivity index (χ0v) is 17.4. The summed E-state index contributed by atoms with van der Waals surface area (Å²) in [6.45, 7) is 7.22. The lowest BCUT2D eigenvalue weighted by Gasteiger charge is -2.59. The highest BCUT2D eigenvalue weighted by molar-refractivity contribution is 5.92. The van der Waals surface area contributed by atoms with E-state index in [0.29, 0.717) is 47.7 Å². The molecule has 28 heavy (non-hydrogen) atoms. The third-order valence-electron chi connectivity index (χ3n) is 10.2. The third kappa shape index (κ3) is 1.87. The molecule has 3 heteroatoms. The van der Waals surface area contributed by atoms with Crippen LogP contribution in [0, 0.1) is 39.9 Å². The van der Waals surface area contributed by atoms with Gasteiger partial charge in [0.1, 0.15) is 5.60 Å². The summed E-state index contributed by atoms with van der Waals surface area (Å²) in [5.41, 5.74) is 1.58. The highest BCUT2D eigenvalue weighted by Gasteiger charge is 2.70. The van der Waals surface area contributed by atoms with E-state index in [4.69, 9.17) is 4.74 Å². The van der Waals surface area contributed by atoms with Gasteiger partial charge in [0.2, 0.25) is 0 Å². The zero-order chi connectivity index (χ0) is 19.5. The molecule has 3 nitrogen and oxygen atoms in total. The van der Waals surface area contributed by atoms with E-state index in [-0.39, 0.29) is 22.4 Å². The van der Waals surface area contributed by atoms with Crippen LogP contribution in [0.2, 0.25) is 0 Å². The largest absolute Gasteiger partial charge is 0.458 e. The van der Waals surface area contributed by atoms with Crippen LogP contribution < -0.4 is 0 Å². The highest BCUT2D eigenvalue weighted by atomic mass is 16.6. The number of fused-ring (bicyclic) bond motifs is 7. The van der Waals surface area contributed by atoms with E-state index >= 15 is 0 Å². The van der Waals surface area contributed by atoms with Crippen molar-refractivity contribution in [2.24, 2.45) is 39.9 Å². The first kappa shape index (κ1) is 17.5. The first-order valence-corrected chi connectivity index (χ1v) is 11.4. The number of esters is 1. The van der Waals surface area contributed by atoms with Crippen LogP contribution in [0.3, 0.4) is 0 Å². The molecule has 0 aromatic rings. The molecule has 3 saturated carbocycles. The minimum atomic E-state index is -0.286. The van der Waals surface area contributed by atoms with Crippen molar-refractivity contribution in [3.8, 4) is 0 Å². The summed E-state index contributed by atoms with van der Waals surface area (Å²) in [5.74, 6) is 2.64. The summed E-state index contributed by atoms with van der Waals surface area (Å²) in [6.07, 6.45) is 14.9. The average molecular weight is 381 g/mol. The van der Waals surface area contributed by atoms with Crippen molar-refractivity contribution in [3.63, 3.8) is 0 Å². The van der Waals surface area contributed by atoms with Crippen LogP contribution >= 0.6 is 0 Å². The lowest BCUT2D eigenvalue weighted by atomic mass is 9.45. The average Bonchev–Trinajstić information content (AvgIpc) is 3.24. The number of ketones is 1. The van der Waals surface area contributed by atoms with Gasteiger partial charge >= 0.3 is 5.97 Å². The third-order valence-corrected chi connectivity index (χ3v) is 10.2. The van der Waals surface area contributed by atoms with Crippen molar-refractivity contribution in [1.29, 1.82) is 0 Å². The van der Waals surface area contributed by atoms with Gasteiger partial charge in [-0.25, -0.2) is 0 Å². The van der Waals surface area contributed by atoms with Gasteiger partial charge < -0.3 is 4.74 Å². The van der Waals surface area contributed by atoms with E-state index in [0.717, 1.165) is 19.3 Å². The fourth-order valence-electron chi connectivity index (χ4n) is 8.85. The molecule has 0 amide bonds. The number of rotatable bonds is 0. The number of carbonyl (C=O) groups excluding carboxylic acids is 2. The Morgan fingerprint density at radius 2 is 1.82 bits per heavy atom. The van der Waals surface area contributed by atoms with Gasteiger partial charge in [-0.15, -0.1) is 0 Å². The number of ether oxygens (including phenoxy) is 1. The molecule has 7 atom stereocenters. The van der Waals surface area contributed by atoms with Crippen LogP contribution in [0.1, 0.15) is 72.1 Å². The number of carbonyl (C=O) groups is 2. The molecule has 1 heterocycles. The van der Waals surface area contributed by atoms with Gasteiger partial charge in [0, 0.05) is 18.3 Å². The molecule has 0 N–H and O–H groups in total. The fraction of sp³-hybridized carbons (Fsp3) is 0.760. The second-order valence-corrected chi connectivity index (χ2v) is 11.4. The van der Waals surface area contributed by atoms with E-state index in [1.54, 1.807) is 0 Å². The monoisotopic (exact) mass is 380 g/mol. The van der Waals surface area contributed by atoms with Crippen LogP contribution in [0.5, 0.6) is 0 Å². The number of allylic oxidation sites excluding steroid dienone is 3. The predicted molar refractivity (Wildman–Crippen MR) is 106 cm³/mol. The van der Waals surface area contributed by atoms with Crippen LogP contribution in [-0.4, -0.2) is 17.4 Å². The van der Waals surface area contributed by atoms with Crippen molar-refractivity contribution < 1.29 is 14.3 Å². The Hall–Kier alpha value is -1.38. The Morgan fingerprint density at radius 3 is 2.50 bits per heavy atom. The highest BCUT2D eigenvalue weighted by Crippen LogP contribution is 2.75. The Bertz CT molecular complexity index is 848. The maximum absolute atomic E-state index is 12.3. The fourth-order valence-corrected chi connectivity index (χ4v) is 8.85. The summed E-state index contributed by atoms with van der Waals surface area (Å²) in [6, 6.07) is 0. The lowest BCUT2D eigenvalue weighted by molar-refractivity contribution is -0.157. The van der Waals surface area contributed by atoms with E-state index in [2.05, 4.69) is 32.9 Å². The number of hydrogen-bond donors (Lipinski definition) is 0. The van der Waals surface area contributed by atoms with E-state index in [9.17, 15) is 9.59 Å². The molecular weight excluding hydrogens is 348 g/mol. The van der Waals surface area contributed by atoms with Gasteiger partial charge in [-0.05, 0) is 79.1 Å². The SMILES string of the molecule is CC1C[C@@]2(CCC(=O)O2)[C@@]2(C)C=CC3C(CC4(CC4)C4=CC(=O)CC[C@@]43C)C12. The minimum Gasteiger partial charge on any atom is -0.458 e. The van der Waals surface area contributed by atoms with Crippen molar-refractivity contribution in [1.82, 2.24) is 0 Å². The molecule has 2 spiro atoms. The van der Waals surface area contributed by atoms with E-state index < -0.39 is 0 Å². The zero-order valence-electron chi connectivity index (χ0n) is 17.4. The standard InChI is InChI=1S/C25H32O3/c1-15-13-25(9-6-20(27)28-25)23(3)8-5-18-17(21(15)23)14-24(10-11-24)19-12-16(26)4-7-22(18,19)2/h5,8,12,15,17-18,21H,4,6-7,9-11,13-14H2,1-3H3/t15?,17?,18?,21?,22-,23+,25+/m1/s1. The molecule has 0 aromatic carbocycles. The maximum atomic E-state index is 12.3. The lowest BCUT2D eigenvalue weighted by Crippen LogP contribution is -2.54. The summed E-state index contributed by atoms with van der Waals surface area (Å²) in [5, 5.41) is 0. The van der Waals surface area contributed by atoms with Crippen molar-refractivity contribution in [3.05, 3.63) is 23.8 Å². The summed E-state index contributed by atoms with van der Waals surface area (Å²) >= 11 is 0. The Morgan fingerprint density at radius 1 is 1.04 bits per heavy atom. The quantitative estimate of drug-likeness (QED) is 0.438. The first-order chi connectivity index (χ1) is 13.2. The van der Waals surface area contributed by atoms with E-state index in [1.807, 2.05) is 6.08 Å². The van der Waals surface area contributed by atoms with Gasteiger partial charge in [-0.3, -0.25) is 9.59 Å².